The summed E-state index contributed by atoms with van der Waals surface area (Å²) in [5, 5.41) is 8.97. The summed E-state index contributed by atoms with van der Waals surface area (Å²) in [5.41, 5.74) is 3.37. The minimum absolute atomic E-state index is 0.0465. The first-order chi connectivity index (χ1) is 7.93. The molecule has 0 aliphatic heterocycles. The van der Waals surface area contributed by atoms with Crippen molar-refractivity contribution in [1.29, 1.82) is 0 Å². The molecule has 0 fully saturated rings. The van der Waals surface area contributed by atoms with E-state index in [9.17, 15) is 0 Å². The molecule has 0 aliphatic rings. The quantitative estimate of drug-likeness (QED) is 0.863. The molecule has 0 unspecified atom stereocenters. The third-order valence-electron chi connectivity index (χ3n) is 3.02. The Morgan fingerprint density at radius 1 is 1.29 bits per heavy atom. The topological polar surface area (TPSA) is 38.0 Å². The van der Waals surface area contributed by atoms with E-state index in [2.05, 4.69) is 43.4 Å². The number of rotatable bonds is 2. The number of benzene rings is 1. The second-order valence-electron chi connectivity index (χ2n) is 5.54. The van der Waals surface area contributed by atoms with Gasteiger partial charge in [-0.25, -0.2) is 4.98 Å². The van der Waals surface area contributed by atoms with Crippen molar-refractivity contribution >= 4 is 11.0 Å². The van der Waals surface area contributed by atoms with Crippen LogP contribution in [0.2, 0.25) is 0 Å². The zero-order valence-corrected chi connectivity index (χ0v) is 11.0. The van der Waals surface area contributed by atoms with Crippen LogP contribution >= 0.6 is 0 Å². The number of imidazole rings is 1. The molecule has 0 saturated heterocycles. The summed E-state index contributed by atoms with van der Waals surface area (Å²) < 4.78 is 2.15. The van der Waals surface area contributed by atoms with Crippen LogP contribution in [0.3, 0.4) is 0 Å². The molecule has 2 aromatic rings. The summed E-state index contributed by atoms with van der Waals surface area (Å²) >= 11 is 0. The van der Waals surface area contributed by atoms with Crippen LogP contribution in [0.1, 0.15) is 32.2 Å². The number of hydrogen-bond acceptors (Lipinski definition) is 2. The first-order valence-corrected chi connectivity index (χ1v) is 6.00. The number of aliphatic hydroxyl groups excluding tert-OH is 1. The molecule has 1 N–H and O–H groups in total. The first-order valence-electron chi connectivity index (χ1n) is 6.00. The van der Waals surface area contributed by atoms with Gasteiger partial charge < -0.3 is 9.67 Å². The molecule has 3 heteroatoms. The molecule has 0 bridgehead atoms. The van der Waals surface area contributed by atoms with Crippen molar-refractivity contribution in [1.82, 2.24) is 9.55 Å². The van der Waals surface area contributed by atoms with Crippen LogP contribution < -0.4 is 0 Å². The predicted molar refractivity (Wildman–Crippen MR) is 70.2 cm³/mol. The molecule has 1 aromatic carbocycles. The Bertz CT molecular complexity index is 535. The fraction of sp³-hybridized carbons (Fsp3) is 0.500. The number of fused-ring (bicyclic) bond motifs is 1. The number of aliphatic hydroxyl groups is 1. The van der Waals surface area contributed by atoms with Crippen molar-refractivity contribution in [2.45, 2.75) is 32.6 Å². The van der Waals surface area contributed by atoms with Gasteiger partial charge in [0, 0.05) is 19.1 Å². The molecule has 1 aromatic heterocycles. The fourth-order valence-electron chi connectivity index (χ4n) is 2.19. The molecule has 3 nitrogen and oxygen atoms in total. The van der Waals surface area contributed by atoms with Gasteiger partial charge in [0.15, 0.2) is 0 Å². The predicted octanol–water partition coefficient (Wildman–Crippen LogP) is 2.41. The van der Waals surface area contributed by atoms with Crippen LogP contribution in [0.5, 0.6) is 0 Å². The van der Waals surface area contributed by atoms with E-state index in [4.69, 9.17) is 5.11 Å². The van der Waals surface area contributed by atoms with Gasteiger partial charge in [-0.2, -0.15) is 0 Å². The van der Waals surface area contributed by atoms with E-state index in [1.165, 1.54) is 0 Å². The fourth-order valence-corrected chi connectivity index (χ4v) is 2.19. The summed E-state index contributed by atoms with van der Waals surface area (Å²) in [6.45, 7) is 6.70. The maximum absolute atomic E-state index is 8.97. The van der Waals surface area contributed by atoms with Gasteiger partial charge in [0.2, 0.25) is 0 Å². The molecule has 0 atom stereocenters. The van der Waals surface area contributed by atoms with Crippen LogP contribution in [0.4, 0.5) is 0 Å². The van der Waals surface area contributed by atoms with Crippen LogP contribution in [0.15, 0.2) is 18.2 Å². The molecule has 0 aliphatic carbocycles. The molecule has 0 saturated carbocycles. The minimum atomic E-state index is 0.0465. The summed E-state index contributed by atoms with van der Waals surface area (Å²) in [6.07, 6.45) is 0.700. The maximum Gasteiger partial charge on any atom is 0.115 e. The van der Waals surface area contributed by atoms with Crippen molar-refractivity contribution < 1.29 is 5.11 Å². The average Bonchev–Trinajstić information content (AvgIpc) is 2.56. The van der Waals surface area contributed by atoms with E-state index in [1.54, 1.807) is 0 Å². The highest BCUT2D eigenvalue weighted by molar-refractivity contribution is 5.77. The van der Waals surface area contributed by atoms with Gasteiger partial charge in [-0.05, 0) is 24.1 Å². The van der Waals surface area contributed by atoms with Gasteiger partial charge in [-0.15, -0.1) is 0 Å². The lowest BCUT2D eigenvalue weighted by atomic mass is 9.96. The summed E-state index contributed by atoms with van der Waals surface area (Å²) in [4.78, 5) is 4.69. The number of aromatic nitrogens is 2. The molecule has 17 heavy (non-hydrogen) atoms. The number of hydrogen-bond donors (Lipinski definition) is 1. The molecule has 2 rings (SSSR count). The summed E-state index contributed by atoms with van der Waals surface area (Å²) in [7, 11) is 2.05. The molecular formula is C14H20N2O. The van der Waals surface area contributed by atoms with Gasteiger partial charge in [0.05, 0.1) is 11.0 Å². The highest BCUT2D eigenvalue weighted by Crippen LogP contribution is 2.25. The van der Waals surface area contributed by atoms with Crippen LogP contribution in [0, 0.1) is 0 Å². The summed E-state index contributed by atoms with van der Waals surface area (Å²) in [5.74, 6) is 1.09. The molecule has 92 valence electrons. The zero-order valence-electron chi connectivity index (χ0n) is 11.0. The van der Waals surface area contributed by atoms with E-state index in [0.29, 0.717) is 6.42 Å². The summed E-state index contributed by atoms with van der Waals surface area (Å²) in [6, 6.07) is 6.20. The van der Waals surface area contributed by atoms with Gasteiger partial charge >= 0.3 is 0 Å². The SMILES string of the molecule is Cn1c(C(C)(C)C)nc2ccc(CCO)cc21. The standard InChI is InChI=1S/C14H20N2O/c1-14(2,3)13-15-11-6-5-10(7-8-17)9-12(11)16(13)4/h5-6,9,17H,7-8H2,1-4H3. The molecular weight excluding hydrogens is 212 g/mol. The van der Waals surface area contributed by atoms with Crippen LogP contribution in [-0.2, 0) is 18.9 Å². The Morgan fingerprint density at radius 3 is 2.59 bits per heavy atom. The molecule has 0 spiro atoms. The van der Waals surface area contributed by atoms with Crippen molar-refractivity contribution in [3.8, 4) is 0 Å². The van der Waals surface area contributed by atoms with Gasteiger partial charge in [0.25, 0.3) is 0 Å². The van der Waals surface area contributed by atoms with Crippen LogP contribution in [0.25, 0.3) is 11.0 Å². The second-order valence-corrected chi connectivity index (χ2v) is 5.54. The Hall–Kier alpha value is -1.35. The highest BCUT2D eigenvalue weighted by atomic mass is 16.2. The zero-order chi connectivity index (χ0) is 12.6. The van der Waals surface area contributed by atoms with Crippen molar-refractivity contribution in [3.05, 3.63) is 29.6 Å². The van der Waals surface area contributed by atoms with E-state index in [1.807, 2.05) is 12.1 Å². The molecule has 0 amide bonds. The lowest BCUT2D eigenvalue weighted by molar-refractivity contribution is 0.299. The lowest BCUT2D eigenvalue weighted by Crippen LogP contribution is -2.17. The Morgan fingerprint density at radius 2 is 2.00 bits per heavy atom. The van der Waals surface area contributed by atoms with E-state index in [-0.39, 0.29) is 12.0 Å². The number of aryl methyl sites for hydroxylation is 1. The third kappa shape index (κ3) is 2.20. The lowest BCUT2D eigenvalue weighted by Gasteiger charge is -2.17. The van der Waals surface area contributed by atoms with E-state index >= 15 is 0 Å². The minimum Gasteiger partial charge on any atom is -0.396 e. The normalized spacial score (nSPS) is 12.3. The van der Waals surface area contributed by atoms with Crippen molar-refractivity contribution in [2.24, 2.45) is 7.05 Å². The van der Waals surface area contributed by atoms with E-state index in [0.717, 1.165) is 22.4 Å². The highest BCUT2D eigenvalue weighted by Gasteiger charge is 2.21. The van der Waals surface area contributed by atoms with Crippen LogP contribution in [-0.4, -0.2) is 21.3 Å². The maximum atomic E-state index is 8.97. The largest absolute Gasteiger partial charge is 0.396 e. The van der Waals surface area contributed by atoms with E-state index < -0.39 is 0 Å². The number of nitrogens with zero attached hydrogens (tertiary/aromatic N) is 2. The monoisotopic (exact) mass is 232 g/mol. The van der Waals surface area contributed by atoms with Gasteiger partial charge in [-0.3, -0.25) is 0 Å². The Labute approximate surface area is 102 Å². The second kappa shape index (κ2) is 4.15. The van der Waals surface area contributed by atoms with Crippen molar-refractivity contribution in [2.75, 3.05) is 6.61 Å². The Balaban J connectivity index is 2.59. The van der Waals surface area contributed by atoms with Gasteiger partial charge in [0.1, 0.15) is 5.82 Å². The Kier molecular flexibility index (Phi) is 2.96. The molecule has 1 heterocycles. The smallest absolute Gasteiger partial charge is 0.115 e. The first kappa shape index (κ1) is 12.1. The molecule has 0 radical (unpaired) electrons. The third-order valence-corrected chi connectivity index (χ3v) is 3.02. The average molecular weight is 232 g/mol. The van der Waals surface area contributed by atoms with Crippen molar-refractivity contribution in [3.63, 3.8) is 0 Å². The van der Waals surface area contributed by atoms with Gasteiger partial charge in [-0.1, -0.05) is 26.8 Å².